The van der Waals surface area contributed by atoms with E-state index in [2.05, 4.69) is 61.3 Å². The molecular formula is C25H39N5O3. The van der Waals surface area contributed by atoms with Crippen molar-refractivity contribution in [3.63, 3.8) is 0 Å². The first-order chi connectivity index (χ1) is 15.6. The maximum Gasteiger partial charge on any atom is 0.233 e. The van der Waals surface area contributed by atoms with E-state index in [4.69, 9.17) is 4.98 Å². The van der Waals surface area contributed by atoms with Crippen molar-refractivity contribution in [3.8, 4) is 0 Å². The Balaban J connectivity index is 1.56. The standard InChI is InChI=1S/C25H39N5O3/c1-25(2,13-23-27-21-10-9-18(14-29(3)4)11-22(21)28-23)16-26-24(32)12-20(15-30(33)17-31)19-7-5-6-8-19/h9-11,17,19-20,33H,5-8,12-16H2,1-4H3,(H,26,32)(H,27,28). The van der Waals surface area contributed by atoms with E-state index >= 15 is 0 Å². The largest absolute Gasteiger partial charge is 0.356 e. The van der Waals surface area contributed by atoms with Gasteiger partial charge in [-0.1, -0.05) is 45.6 Å². The number of carbonyl (C=O) groups is 2. The van der Waals surface area contributed by atoms with Gasteiger partial charge in [-0.2, -0.15) is 0 Å². The van der Waals surface area contributed by atoms with Gasteiger partial charge < -0.3 is 15.2 Å². The van der Waals surface area contributed by atoms with Gasteiger partial charge in [-0.25, -0.2) is 10.0 Å². The van der Waals surface area contributed by atoms with E-state index in [1.165, 1.54) is 5.56 Å². The number of nitrogens with zero attached hydrogens (tertiary/aromatic N) is 3. The van der Waals surface area contributed by atoms with Crippen LogP contribution in [0.2, 0.25) is 0 Å². The van der Waals surface area contributed by atoms with Gasteiger partial charge in [0.15, 0.2) is 0 Å². The van der Waals surface area contributed by atoms with Crippen LogP contribution in [0.1, 0.15) is 57.3 Å². The van der Waals surface area contributed by atoms with Gasteiger partial charge in [-0.05, 0) is 49.0 Å². The molecule has 1 unspecified atom stereocenters. The molecule has 1 aliphatic carbocycles. The number of aromatic amines is 1. The molecule has 8 heteroatoms. The van der Waals surface area contributed by atoms with Crippen LogP contribution in [0.4, 0.5) is 0 Å². The van der Waals surface area contributed by atoms with E-state index in [0.717, 1.165) is 49.1 Å². The Morgan fingerprint density at radius 3 is 2.73 bits per heavy atom. The van der Waals surface area contributed by atoms with Crippen molar-refractivity contribution in [3.05, 3.63) is 29.6 Å². The molecule has 3 N–H and O–H groups in total. The van der Waals surface area contributed by atoms with Crippen LogP contribution >= 0.6 is 0 Å². The minimum atomic E-state index is -0.176. The molecule has 0 radical (unpaired) electrons. The molecule has 1 aromatic heterocycles. The predicted octanol–water partition coefficient (Wildman–Crippen LogP) is 3.35. The van der Waals surface area contributed by atoms with Gasteiger partial charge in [0.25, 0.3) is 0 Å². The first-order valence-corrected chi connectivity index (χ1v) is 11.9. The zero-order valence-corrected chi connectivity index (χ0v) is 20.4. The summed E-state index contributed by atoms with van der Waals surface area (Å²) in [6, 6.07) is 6.31. The monoisotopic (exact) mass is 457 g/mol. The molecule has 1 heterocycles. The fraction of sp³-hybridized carbons (Fsp3) is 0.640. The Kier molecular flexibility index (Phi) is 8.48. The van der Waals surface area contributed by atoms with E-state index < -0.39 is 0 Å². The molecule has 0 aliphatic heterocycles. The molecule has 0 bridgehead atoms. The molecule has 1 atom stereocenters. The summed E-state index contributed by atoms with van der Waals surface area (Å²) in [5, 5.41) is 13.4. The fourth-order valence-electron chi connectivity index (χ4n) is 4.91. The number of hydrogen-bond donors (Lipinski definition) is 3. The topological polar surface area (TPSA) is 102 Å². The molecule has 182 valence electrons. The lowest BCUT2D eigenvalue weighted by Gasteiger charge is -2.27. The molecule has 1 aromatic carbocycles. The first-order valence-electron chi connectivity index (χ1n) is 11.9. The SMILES string of the molecule is CN(C)Cc1ccc2nc(CC(C)(C)CNC(=O)CC(CN(O)C=O)C3CCCC3)[nH]c2c1. The number of imidazole rings is 1. The third-order valence-corrected chi connectivity index (χ3v) is 6.56. The summed E-state index contributed by atoms with van der Waals surface area (Å²) in [4.78, 5) is 33.9. The average Bonchev–Trinajstić information content (AvgIpc) is 3.40. The van der Waals surface area contributed by atoms with Crippen LogP contribution in [0.25, 0.3) is 11.0 Å². The summed E-state index contributed by atoms with van der Waals surface area (Å²) in [5.41, 5.74) is 3.05. The molecule has 2 amide bonds. The highest BCUT2D eigenvalue weighted by Gasteiger charge is 2.29. The molecular weight excluding hydrogens is 418 g/mol. The highest BCUT2D eigenvalue weighted by atomic mass is 16.5. The van der Waals surface area contributed by atoms with Crippen LogP contribution in [0, 0.1) is 17.3 Å². The third-order valence-electron chi connectivity index (χ3n) is 6.56. The van der Waals surface area contributed by atoms with Crippen LogP contribution in [0.15, 0.2) is 18.2 Å². The Labute approximate surface area is 196 Å². The van der Waals surface area contributed by atoms with Crippen molar-refractivity contribution in [1.82, 2.24) is 25.2 Å². The lowest BCUT2D eigenvalue weighted by Crippen LogP contribution is -2.38. The second-order valence-corrected chi connectivity index (χ2v) is 10.6. The van der Waals surface area contributed by atoms with Gasteiger partial charge in [-0.15, -0.1) is 0 Å². The number of rotatable bonds is 12. The summed E-state index contributed by atoms with van der Waals surface area (Å²) in [6.45, 7) is 5.86. The van der Waals surface area contributed by atoms with Gasteiger partial charge in [0.05, 0.1) is 17.6 Å². The molecule has 0 spiro atoms. The number of H-pyrrole nitrogens is 1. The smallest absolute Gasteiger partial charge is 0.233 e. The van der Waals surface area contributed by atoms with Gasteiger partial charge in [0.1, 0.15) is 5.82 Å². The summed E-state index contributed by atoms with van der Waals surface area (Å²) < 4.78 is 0. The third kappa shape index (κ3) is 7.54. The molecule has 1 aliphatic rings. The zero-order chi connectivity index (χ0) is 24.0. The molecule has 2 aromatic rings. The summed E-state index contributed by atoms with van der Waals surface area (Å²) in [6.07, 6.45) is 5.86. The Hall–Kier alpha value is -2.45. The Morgan fingerprint density at radius 2 is 2.06 bits per heavy atom. The number of hydrogen-bond acceptors (Lipinski definition) is 5. The minimum Gasteiger partial charge on any atom is -0.356 e. The lowest BCUT2D eigenvalue weighted by atomic mass is 9.86. The van der Waals surface area contributed by atoms with Crippen molar-refractivity contribution >= 4 is 23.4 Å². The van der Waals surface area contributed by atoms with Gasteiger partial charge in [0, 0.05) is 25.9 Å². The van der Waals surface area contributed by atoms with Crippen molar-refractivity contribution in [2.24, 2.45) is 17.3 Å². The first kappa shape index (κ1) is 25.2. The van der Waals surface area contributed by atoms with Gasteiger partial charge >= 0.3 is 0 Å². The van der Waals surface area contributed by atoms with Crippen LogP contribution in [-0.4, -0.2) is 64.6 Å². The number of aromatic nitrogens is 2. The number of carbonyl (C=O) groups excluding carboxylic acids is 2. The lowest BCUT2D eigenvalue weighted by molar-refractivity contribution is -0.154. The quantitative estimate of drug-likeness (QED) is 0.258. The van der Waals surface area contributed by atoms with E-state index in [-0.39, 0.29) is 23.8 Å². The van der Waals surface area contributed by atoms with E-state index in [9.17, 15) is 14.8 Å². The number of nitrogens with one attached hydrogen (secondary N) is 2. The maximum atomic E-state index is 12.7. The van der Waals surface area contributed by atoms with Crippen LogP contribution in [0.3, 0.4) is 0 Å². The number of benzene rings is 1. The zero-order valence-electron chi connectivity index (χ0n) is 20.4. The summed E-state index contributed by atoms with van der Waals surface area (Å²) >= 11 is 0. The fourth-order valence-corrected chi connectivity index (χ4v) is 4.91. The average molecular weight is 458 g/mol. The van der Waals surface area contributed by atoms with Crippen molar-refractivity contribution in [2.75, 3.05) is 27.2 Å². The molecule has 1 saturated carbocycles. The highest BCUT2D eigenvalue weighted by molar-refractivity contribution is 5.76. The summed E-state index contributed by atoms with van der Waals surface area (Å²) in [7, 11) is 4.11. The van der Waals surface area contributed by atoms with Crippen molar-refractivity contribution in [2.45, 2.75) is 58.9 Å². The normalized spacial score (nSPS) is 15.8. The molecule has 3 rings (SSSR count). The van der Waals surface area contributed by atoms with Crippen LogP contribution in [-0.2, 0) is 22.6 Å². The summed E-state index contributed by atoms with van der Waals surface area (Å²) in [5.74, 6) is 1.25. The number of amides is 2. The predicted molar refractivity (Wildman–Crippen MR) is 129 cm³/mol. The van der Waals surface area contributed by atoms with E-state index in [0.29, 0.717) is 36.8 Å². The second kappa shape index (κ2) is 11.1. The van der Waals surface area contributed by atoms with Crippen LogP contribution in [0.5, 0.6) is 0 Å². The molecule has 8 nitrogen and oxygen atoms in total. The number of fused-ring (bicyclic) bond motifs is 1. The van der Waals surface area contributed by atoms with E-state index in [1.807, 2.05) is 0 Å². The maximum absolute atomic E-state index is 12.7. The van der Waals surface area contributed by atoms with Crippen molar-refractivity contribution in [1.29, 1.82) is 0 Å². The van der Waals surface area contributed by atoms with E-state index in [1.54, 1.807) is 0 Å². The Morgan fingerprint density at radius 1 is 1.33 bits per heavy atom. The van der Waals surface area contributed by atoms with Gasteiger partial charge in [-0.3, -0.25) is 14.8 Å². The van der Waals surface area contributed by atoms with Crippen LogP contribution < -0.4 is 5.32 Å². The molecule has 1 fully saturated rings. The van der Waals surface area contributed by atoms with Gasteiger partial charge in [0.2, 0.25) is 12.3 Å². The molecule has 33 heavy (non-hydrogen) atoms. The van der Waals surface area contributed by atoms with Crippen molar-refractivity contribution < 1.29 is 14.8 Å². The highest BCUT2D eigenvalue weighted by Crippen LogP contribution is 2.33. The molecule has 0 saturated heterocycles. The second-order valence-electron chi connectivity index (χ2n) is 10.6. The number of hydroxylamine groups is 2. The minimum absolute atomic E-state index is 0.0162. The Bertz CT molecular complexity index is 933.